The lowest BCUT2D eigenvalue weighted by Crippen LogP contribution is -2.46. The summed E-state index contributed by atoms with van der Waals surface area (Å²) in [6.45, 7) is 6.91. The van der Waals surface area contributed by atoms with Gasteiger partial charge in [0.1, 0.15) is 0 Å². The van der Waals surface area contributed by atoms with E-state index in [2.05, 4.69) is 17.3 Å². The molecule has 0 spiro atoms. The van der Waals surface area contributed by atoms with Crippen molar-refractivity contribution in [1.82, 2.24) is 20.0 Å². The van der Waals surface area contributed by atoms with Gasteiger partial charge in [-0.1, -0.05) is 6.92 Å². The van der Waals surface area contributed by atoms with E-state index >= 15 is 0 Å². The lowest BCUT2D eigenvalue weighted by molar-refractivity contribution is 0.0642. The molecule has 0 atom stereocenters. The molecule has 0 bridgehead atoms. The summed E-state index contributed by atoms with van der Waals surface area (Å²) in [6.07, 6.45) is 4.78. The third-order valence-corrected chi connectivity index (χ3v) is 3.94. The molecule has 19 heavy (non-hydrogen) atoms. The Morgan fingerprint density at radius 3 is 2.74 bits per heavy atom. The van der Waals surface area contributed by atoms with Crippen molar-refractivity contribution in [3.05, 3.63) is 17.5 Å². The maximum absolute atomic E-state index is 12.7. The van der Waals surface area contributed by atoms with E-state index in [0.717, 1.165) is 50.2 Å². The van der Waals surface area contributed by atoms with Gasteiger partial charge in [0.25, 0.3) is 5.91 Å². The molecule has 2 rings (SSSR count). The molecule has 1 saturated heterocycles. The van der Waals surface area contributed by atoms with Crippen molar-refractivity contribution >= 4 is 5.91 Å². The van der Waals surface area contributed by atoms with Gasteiger partial charge in [0.15, 0.2) is 0 Å². The molecule has 1 N–H and O–H groups in total. The summed E-state index contributed by atoms with van der Waals surface area (Å²) in [5, 5.41) is 7.53. The number of aryl methyl sites for hydroxylation is 1. The summed E-state index contributed by atoms with van der Waals surface area (Å²) in [5.41, 5.74) is 1.69. The van der Waals surface area contributed by atoms with E-state index in [-0.39, 0.29) is 5.91 Å². The fraction of sp³-hybridized carbons (Fsp3) is 0.714. The fourth-order valence-corrected chi connectivity index (χ4v) is 2.67. The Balaban J connectivity index is 2.18. The van der Waals surface area contributed by atoms with Crippen molar-refractivity contribution in [2.75, 3.05) is 19.6 Å². The van der Waals surface area contributed by atoms with Crippen LogP contribution in [0.3, 0.4) is 0 Å². The first-order valence-electron chi connectivity index (χ1n) is 7.15. The molecule has 1 aromatic rings. The number of aromatic nitrogens is 2. The summed E-state index contributed by atoms with van der Waals surface area (Å²) in [7, 11) is 1.88. The minimum absolute atomic E-state index is 0.138. The van der Waals surface area contributed by atoms with Crippen molar-refractivity contribution in [3.8, 4) is 0 Å². The van der Waals surface area contributed by atoms with Crippen LogP contribution in [0.5, 0.6) is 0 Å². The van der Waals surface area contributed by atoms with Crippen LogP contribution >= 0.6 is 0 Å². The van der Waals surface area contributed by atoms with Gasteiger partial charge >= 0.3 is 0 Å². The molecule has 0 saturated carbocycles. The van der Waals surface area contributed by atoms with Crippen molar-refractivity contribution in [1.29, 1.82) is 0 Å². The molecule has 0 aliphatic carbocycles. The monoisotopic (exact) mass is 264 g/mol. The predicted molar refractivity (Wildman–Crippen MR) is 75.2 cm³/mol. The highest BCUT2D eigenvalue weighted by atomic mass is 16.2. The van der Waals surface area contributed by atoms with Crippen molar-refractivity contribution < 1.29 is 4.79 Å². The maximum Gasteiger partial charge on any atom is 0.257 e. The van der Waals surface area contributed by atoms with E-state index < -0.39 is 0 Å². The molecule has 106 valence electrons. The molecule has 0 unspecified atom stereocenters. The Labute approximate surface area is 115 Å². The molecule has 1 aliphatic heterocycles. The minimum Gasteiger partial charge on any atom is -0.335 e. The normalized spacial score (nSPS) is 16.6. The summed E-state index contributed by atoms with van der Waals surface area (Å²) in [4.78, 5) is 14.8. The number of piperidine rings is 1. The Morgan fingerprint density at radius 2 is 2.21 bits per heavy atom. The molecule has 1 fully saturated rings. The third-order valence-electron chi connectivity index (χ3n) is 3.94. The molecule has 1 aromatic heterocycles. The summed E-state index contributed by atoms with van der Waals surface area (Å²) in [6, 6.07) is 0.369. The second kappa shape index (κ2) is 6.19. The highest BCUT2D eigenvalue weighted by Crippen LogP contribution is 2.17. The average Bonchev–Trinajstić information content (AvgIpc) is 2.77. The quantitative estimate of drug-likeness (QED) is 0.892. The van der Waals surface area contributed by atoms with Crippen molar-refractivity contribution in [2.45, 2.75) is 39.2 Å². The fourth-order valence-electron chi connectivity index (χ4n) is 2.67. The van der Waals surface area contributed by atoms with E-state index in [1.807, 2.05) is 18.9 Å². The second-order valence-electron chi connectivity index (χ2n) is 5.25. The first kappa shape index (κ1) is 14.1. The second-order valence-corrected chi connectivity index (χ2v) is 5.25. The number of nitrogens with zero attached hydrogens (tertiary/aromatic N) is 3. The lowest BCUT2D eigenvalue weighted by Gasteiger charge is -2.34. The molecule has 2 heterocycles. The Hall–Kier alpha value is -1.36. The van der Waals surface area contributed by atoms with E-state index in [9.17, 15) is 4.79 Å². The van der Waals surface area contributed by atoms with Crippen LogP contribution in [-0.2, 0) is 7.05 Å². The van der Waals surface area contributed by atoms with Crippen LogP contribution in [0.1, 0.15) is 42.2 Å². The van der Waals surface area contributed by atoms with E-state index in [1.165, 1.54) is 0 Å². The van der Waals surface area contributed by atoms with Gasteiger partial charge < -0.3 is 10.2 Å². The Kier molecular flexibility index (Phi) is 4.58. The molecule has 0 aromatic carbocycles. The molecule has 5 heteroatoms. The standard InChI is InChI=1S/C14H24N4O/c1-4-9-18(12-5-7-15-8-6-12)14(19)13-10-16-17(3)11(13)2/h10,12,15H,4-9H2,1-3H3. The molecule has 1 aliphatic rings. The van der Waals surface area contributed by atoms with Crippen LogP contribution in [0.25, 0.3) is 0 Å². The van der Waals surface area contributed by atoms with E-state index in [4.69, 9.17) is 0 Å². The zero-order valence-electron chi connectivity index (χ0n) is 12.1. The van der Waals surface area contributed by atoms with Gasteiger partial charge in [-0.05, 0) is 39.3 Å². The van der Waals surface area contributed by atoms with Gasteiger partial charge in [0.2, 0.25) is 0 Å². The molecule has 0 radical (unpaired) electrons. The van der Waals surface area contributed by atoms with E-state index in [1.54, 1.807) is 10.9 Å². The van der Waals surface area contributed by atoms with Crippen LogP contribution in [0.2, 0.25) is 0 Å². The molecule has 1 amide bonds. The van der Waals surface area contributed by atoms with Gasteiger partial charge in [-0.2, -0.15) is 5.10 Å². The molecular weight excluding hydrogens is 240 g/mol. The van der Waals surface area contributed by atoms with Gasteiger partial charge in [-0.3, -0.25) is 9.48 Å². The smallest absolute Gasteiger partial charge is 0.257 e. The average molecular weight is 264 g/mol. The first-order valence-corrected chi connectivity index (χ1v) is 7.15. The highest BCUT2D eigenvalue weighted by Gasteiger charge is 2.27. The number of carbonyl (C=O) groups excluding carboxylic acids is 1. The van der Waals surface area contributed by atoms with Crippen LogP contribution in [0, 0.1) is 6.92 Å². The van der Waals surface area contributed by atoms with Crippen LogP contribution < -0.4 is 5.32 Å². The van der Waals surface area contributed by atoms with Crippen molar-refractivity contribution in [2.24, 2.45) is 7.05 Å². The topological polar surface area (TPSA) is 50.2 Å². The van der Waals surface area contributed by atoms with Crippen LogP contribution in [-0.4, -0.2) is 46.3 Å². The van der Waals surface area contributed by atoms with Gasteiger partial charge in [0, 0.05) is 25.3 Å². The number of carbonyl (C=O) groups is 1. The third kappa shape index (κ3) is 2.97. The lowest BCUT2D eigenvalue weighted by atomic mass is 10.0. The molecule has 5 nitrogen and oxygen atoms in total. The summed E-state index contributed by atoms with van der Waals surface area (Å²) < 4.78 is 1.76. The molecular formula is C14H24N4O. The van der Waals surface area contributed by atoms with Crippen LogP contribution in [0.4, 0.5) is 0 Å². The Morgan fingerprint density at radius 1 is 1.53 bits per heavy atom. The number of rotatable bonds is 4. The van der Waals surface area contributed by atoms with Gasteiger partial charge in [-0.25, -0.2) is 0 Å². The number of nitrogens with one attached hydrogen (secondary N) is 1. The number of hydrogen-bond donors (Lipinski definition) is 1. The largest absolute Gasteiger partial charge is 0.335 e. The zero-order valence-corrected chi connectivity index (χ0v) is 12.1. The van der Waals surface area contributed by atoms with E-state index in [0.29, 0.717) is 6.04 Å². The van der Waals surface area contributed by atoms with Crippen molar-refractivity contribution in [3.63, 3.8) is 0 Å². The number of amides is 1. The number of hydrogen-bond acceptors (Lipinski definition) is 3. The van der Waals surface area contributed by atoms with Crippen LogP contribution in [0.15, 0.2) is 6.20 Å². The van der Waals surface area contributed by atoms with Gasteiger partial charge in [-0.15, -0.1) is 0 Å². The van der Waals surface area contributed by atoms with Gasteiger partial charge in [0.05, 0.1) is 11.8 Å². The summed E-state index contributed by atoms with van der Waals surface area (Å²) >= 11 is 0. The predicted octanol–water partition coefficient (Wildman–Crippen LogP) is 1.33. The SMILES string of the molecule is CCCN(C(=O)c1cnn(C)c1C)C1CCNCC1. The first-order chi connectivity index (χ1) is 9.15. The Bertz CT molecular complexity index is 435. The maximum atomic E-state index is 12.7. The highest BCUT2D eigenvalue weighted by molar-refractivity contribution is 5.95. The minimum atomic E-state index is 0.138. The zero-order chi connectivity index (χ0) is 13.8. The summed E-state index contributed by atoms with van der Waals surface area (Å²) in [5.74, 6) is 0.138.